The van der Waals surface area contributed by atoms with Gasteiger partial charge in [-0.25, -0.2) is 0 Å². The molecule has 0 unspecified atom stereocenters. The second-order valence-electron chi connectivity index (χ2n) is 6.40. The van der Waals surface area contributed by atoms with Crippen molar-refractivity contribution in [1.82, 2.24) is 0 Å². The summed E-state index contributed by atoms with van der Waals surface area (Å²) in [6, 6.07) is 1.60. The molecule has 0 atom stereocenters. The number of hydrogen-bond donors (Lipinski definition) is 0. The largest absolute Gasteiger partial charge is 0.513 e. The highest BCUT2D eigenvalue weighted by Gasteiger charge is 2.89. The van der Waals surface area contributed by atoms with Crippen LogP contribution in [0.5, 0.6) is 0 Å². The van der Waals surface area contributed by atoms with E-state index < -0.39 is 39.0 Å². The zero-order valence-corrected chi connectivity index (χ0v) is 22.7. The van der Waals surface area contributed by atoms with Crippen LogP contribution >= 0.6 is 0 Å². The van der Waals surface area contributed by atoms with Gasteiger partial charge >= 0.3 is 34.7 Å². The lowest BCUT2D eigenvalue weighted by Crippen LogP contribution is -2.82. The molecule has 1 aliphatic heterocycles. The average molecular weight is 477 g/mol. The summed E-state index contributed by atoms with van der Waals surface area (Å²) in [5.74, 6) is 0. The van der Waals surface area contributed by atoms with Crippen molar-refractivity contribution in [3.05, 3.63) is 0 Å². The summed E-state index contributed by atoms with van der Waals surface area (Å²) in [5.41, 5.74) is 0. The second-order valence-corrected chi connectivity index (χ2v) is 21.4. The summed E-state index contributed by atoms with van der Waals surface area (Å²) in [5, 5.41) is 0. The predicted molar refractivity (Wildman–Crippen MR) is 110 cm³/mol. The third-order valence-corrected chi connectivity index (χ3v) is 26.5. The maximum absolute atomic E-state index is 6.17. The van der Waals surface area contributed by atoms with Crippen LogP contribution in [0.2, 0.25) is 22.4 Å². The highest BCUT2D eigenvalue weighted by molar-refractivity contribution is 7.07. The summed E-state index contributed by atoms with van der Waals surface area (Å²) in [7, 11) is 2.72. The number of rotatable bonds is 12. The molecule has 0 spiro atoms. The van der Waals surface area contributed by atoms with Crippen LogP contribution in [0.4, 0.5) is 0 Å². The van der Waals surface area contributed by atoms with Gasteiger partial charge in [-0.2, -0.15) is 0 Å². The molecule has 0 bridgehead atoms. The van der Waals surface area contributed by atoms with E-state index in [9.17, 15) is 0 Å². The molecule has 1 aliphatic rings. The van der Waals surface area contributed by atoms with Gasteiger partial charge in [-0.15, -0.1) is 0 Å². The van der Waals surface area contributed by atoms with Gasteiger partial charge in [0.15, 0.2) is 4.28 Å². The van der Waals surface area contributed by atoms with Crippen LogP contribution in [0.15, 0.2) is 0 Å². The van der Waals surface area contributed by atoms with Crippen molar-refractivity contribution < 1.29 is 44.3 Å². The van der Waals surface area contributed by atoms with Crippen LogP contribution in [-0.2, 0) is 44.3 Å². The van der Waals surface area contributed by atoms with Gasteiger partial charge in [0.1, 0.15) is 0 Å². The van der Waals surface area contributed by atoms with Crippen molar-refractivity contribution in [3.8, 4) is 0 Å². The molecule has 0 aliphatic carbocycles. The summed E-state index contributed by atoms with van der Waals surface area (Å²) < 4.78 is 59.2. The van der Waals surface area contributed by atoms with Crippen molar-refractivity contribution in [1.29, 1.82) is 0 Å². The molecule has 1 fully saturated rings. The average Bonchev–Trinajstić information content (AvgIpc) is 2.77. The van der Waals surface area contributed by atoms with E-state index in [2.05, 4.69) is 0 Å². The zero-order chi connectivity index (χ0) is 21.7. The fourth-order valence-corrected chi connectivity index (χ4v) is 30.3. The van der Waals surface area contributed by atoms with E-state index in [4.69, 9.17) is 44.3 Å². The first kappa shape index (κ1) is 26.5. The molecule has 0 radical (unpaired) electrons. The topological polar surface area (TPSA) is 92.3 Å². The normalized spacial score (nSPS) is 21.6. The molecule has 28 heavy (non-hydrogen) atoms. The SMILES string of the molecule is CO[Si]1(OC)CC[Si](OC)(OC)C([Si](OC)(OC)OC)([Si](OC)(OC)OC)C1. The lowest BCUT2D eigenvalue weighted by Gasteiger charge is -2.59. The Balaban J connectivity index is 4.09. The third kappa shape index (κ3) is 3.46. The van der Waals surface area contributed by atoms with Gasteiger partial charge in [-0.05, 0) is 12.1 Å². The number of hydrogen-bond acceptors (Lipinski definition) is 10. The van der Waals surface area contributed by atoms with Crippen LogP contribution < -0.4 is 0 Å². The summed E-state index contributed by atoms with van der Waals surface area (Å²) in [6.45, 7) is 0. The van der Waals surface area contributed by atoms with E-state index in [-0.39, 0.29) is 0 Å². The van der Waals surface area contributed by atoms with Crippen LogP contribution in [0, 0.1) is 0 Å². The first-order valence-corrected chi connectivity index (χ1v) is 16.5. The van der Waals surface area contributed by atoms with Gasteiger partial charge in [-0.3, -0.25) is 0 Å². The molecule has 168 valence electrons. The van der Waals surface area contributed by atoms with Gasteiger partial charge < -0.3 is 44.3 Å². The Morgan fingerprint density at radius 3 is 1.14 bits per heavy atom. The van der Waals surface area contributed by atoms with Crippen molar-refractivity contribution in [2.24, 2.45) is 0 Å². The molecule has 0 aromatic rings. The van der Waals surface area contributed by atoms with Crippen LogP contribution in [0.3, 0.4) is 0 Å². The molecule has 0 amide bonds. The molecule has 0 N–H and O–H groups in total. The monoisotopic (exact) mass is 476 g/mol. The van der Waals surface area contributed by atoms with E-state index in [1.807, 2.05) is 0 Å². The van der Waals surface area contributed by atoms with Crippen molar-refractivity contribution in [2.75, 3.05) is 71.1 Å². The first-order valence-electron chi connectivity index (χ1n) is 8.79. The minimum absolute atomic E-state index is 0.365. The van der Waals surface area contributed by atoms with E-state index in [0.29, 0.717) is 18.1 Å². The maximum Gasteiger partial charge on any atom is 0.513 e. The first-order chi connectivity index (χ1) is 13.3. The molecule has 14 heteroatoms. The second kappa shape index (κ2) is 10.2. The van der Waals surface area contributed by atoms with Gasteiger partial charge in [0.25, 0.3) is 0 Å². The highest BCUT2D eigenvalue weighted by Crippen LogP contribution is 2.64. The van der Waals surface area contributed by atoms with Crippen LogP contribution in [0.1, 0.15) is 0 Å². The van der Waals surface area contributed by atoms with Gasteiger partial charge in [0, 0.05) is 77.1 Å². The van der Waals surface area contributed by atoms with Gasteiger partial charge in [-0.1, -0.05) is 0 Å². The minimum atomic E-state index is -3.59. The Kier molecular flexibility index (Phi) is 9.64. The Bertz CT molecular complexity index is 422. The molecule has 1 saturated heterocycles. The predicted octanol–water partition coefficient (Wildman–Crippen LogP) is 1.05. The quantitative estimate of drug-likeness (QED) is 0.380. The fourth-order valence-electron chi connectivity index (χ4n) is 4.68. The van der Waals surface area contributed by atoms with E-state index >= 15 is 0 Å². The maximum atomic E-state index is 6.17. The molecular weight excluding hydrogens is 440 g/mol. The lowest BCUT2D eigenvalue weighted by atomic mass is 10.9. The Morgan fingerprint density at radius 1 is 0.536 bits per heavy atom. The Labute approximate surface area is 172 Å². The molecule has 0 aromatic carbocycles. The summed E-state index contributed by atoms with van der Waals surface area (Å²) in [6.07, 6.45) is 0. The zero-order valence-electron chi connectivity index (χ0n) is 18.7. The molecule has 0 saturated carbocycles. The standard InChI is InChI=1S/C14H36O10Si4/c1-15-25(16-2)11-12-26(17-3,18-4)14(13-25,27(19-5,20-6)21-7)28(22-8,23-9)24-10/h11-13H2,1-10H3. The molecule has 10 nitrogen and oxygen atoms in total. The minimum Gasteiger partial charge on any atom is -0.398 e. The Morgan fingerprint density at radius 2 is 0.893 bits per heavy atom. The summed E-state index contributed by atoms with van der Waals surface area (Å²) in [4.78, 5) is 0. The third-order valence-electron chi connectivity index (χ3n) is 6.08. The summed E-state index contributed by atoms with van der Waals surface area (Å²) >= 11 is 0. The Hall–Kier alpha value is 0.468. The molecule has 1 rings (SSSR count). The smallest absolute Gasteiger partial charge is 0.398 e. The van der Waals surface area contributed by atoms with Gasteiger partial charge in [0.2, 0.25) is 0 Å². The van der Waals surface area contributed by atoms with E-state index in [1.165, 1.54) is 0 Å². The van der Waals surface area contributed by atoms with Crippen LogP contribution in [-0.4, -0.2) is 106 Å². The molecule has 0 aromatic heterocycles. The van der Waals surface area contributed by atoms with E-state index in [0.717, 1.165) is 0 Å². The van der Waals surface area contributed by atoms with E-state index in [1.54, 1.807) is 71.1 Å². The molecular formula is C14H36O10Si4. The highest BCUT2D eigenvalue weighted by atomic mass is 28.5. The van der Waals surface area contributed by atoms with Crippen molar-refractivity contribution in [3.63, 3.8) is 0 Å². The van der Waals surface area contributed by atoms with Crippen molar-refractivity contribution >= 4 is 34.7 Å². The molecule has 1 heterocycles. The lowest BCUT2D eigenvalue weighted by molar-refractivity contribution is 0.0541. The fraction of sp³-hybridized carbons (Fsp3) is 1.00. The van der Waals surface area contributed by atoms with Gasteiger partial charge in [0.05, 0.1) is 0 Å². The van der Waals surface area contributed by atoms with Crippen LogP contribution in [0.25, 0.3) is 0 Å². The van der Waals surface area contributed by atoms with Crippen molar-refractivity contribution in [2.45, 2.75) is 22.4 Å².